The first-order valence-corrected chi connectivity index (χ1v) is 6.46. The van der Waals surface area contributed by atoms with Gasteiger partial charge in [-0.3, -0.25) is 4.79 Å². The van der Waals surface area contributed by atoms with E-state index in [1.54, 1.807) is 6.07 Å². The molecule has 0 unspecified atom stereocenters. The van der Waals surface area contributed by atoms with E-state index in [0.29, 0.717) is 12.1 Å². The van der Waals surface area contributed by atoms with Gasteiger partial charge >= 0.3 is 5.97 Å². The quantitative estimate of drug-likeness (QED) is 0.421. The topological polar surface area (TPSA) is 110 Å². The first-order valence-electron chi connectivity index (χ1n) is 6.46. The van der Waals surface area contributed by atoms with Crippen molar-refractivity contribution >= 4 is 18.0 Å². The third-order valence-electron chi connectivity index (χ3n) is 2.74. The number of benzene rings is 1. The summed E-state index contributed by atoms with van der Waals surface area (Å²) in [7, 11) is 0. The molecule has 0 saturated heterocycles. The minimum atomic E-state index is -1.28. The van der Waals surface area contributed by atoms with Crippen molar-refractivity contribution in [1.29, 1.82) is 5.26 Å². The molecule has 0 aliphatic carbocycles. The number of phenols is 1. The monoisotopic (exact) mass is 288 g/mol. The van der Waals surface area contributed by atoms with Crippen LogP contribution in [-0.4, -0.2) is 28.6 Å². The summed E-state index contributed by atoms with van der Waals surface area (Å²) in [5.74, 6) is -2.16. The Morgan fingerprint density at radius 3 is 2.71 bits per heavy atom. The summed E-state index contributed by atoms with van der Waals surface area (Å²) in [6.45, 7) is 2.46. The molecule has 0 aliphatic heterocycles. The van der Waals surface area contributed by atoms with E-state index in [1.807, 2.05) is 6.92 Å². The smallest absolute Gasteiger partial charge is 0.339 e. The molecule has 0 atom stereocenters. The number of carboxylic acids is 1. The van der Waals surface area contributed by atoms with E-state index in [-0.39, 0.29) is 16.9 Å². The number of amides is 1. The van der Waals surface area contributed by atoms with Gasteiger partial charge in [-0.05, 0) is 30.2 Å². The van der Waals surface area contributed by atoms with Crippen LogP contribution in [0.25, 0.3) is 6.08 Å². The summed E-state index contributed by atoms with van der Waals surface area (Å²) in [5, 5.41) is 29.9. The van der Waals surface area contributed by atoms with Crippen molar-refractivity contribution in [2.45, 2.75) is 19.8 Å². The summed E-state index contributed by atoms with van der Waals surface area (Å²) in [5.41, 5.74) is -0.0482. The Morgan fingerprint density at radius 1 is 1.43 bits per heavy atom. The maximum absolute atomic E-state index is 11.8. The summed E-state index contributed by atoms with van der Waals surface area (Å²) < 4.78 is 0. The third-order valence-corrected chi connectivity index (χ3v) is 2.74. The van der Waals surface area contributed by atoms with Crippen LogP contribution in [0.3, 0.4) is 0 Å². The average Bonchev–Trinajstić information content (AvgIpc) is 2.46. The minimum Gasteiger partial charge on any atom is -0.507 e. The predicted molar refractivity (Wildman–Crippen MR) is 76.6 cm³/mol. The first kappa shape index (κ1) is 16.2. The Bertz CT molecular complexity index is 615. The van der Waals surface area contributed by atoms with E-state index in [9.17, 15) is 14.7 Å². The molecule has 1 amide bonds. The average molecular weight is 288 g/mol. The third kappa shape index (κ3) is 4.66. The lowest BCUT2D eigenvalue weighted by Gasteiger charge is -2.04. The number of carbonyl (C=O) groups is 2. The number of nitrogens with one attached hydrogen (secondary N) is 1. The van der Waals surface area contributed by atoms with Crippen LogP contribution in [0, 0.1) is 11.3 Å². The fourth-order valence-corrected chi connectivity index (χ4v) is 1.60. The van der Waals surface area contributed by atoms with Crippen LogP contribution < -0.4 is 5.32 Å². The second-order valence-corrected chi connectivity index (χ2v) is 4.36. The lowest BCUT2D eigenvalue weighted by molar-refractivity contribution is -0.117. The highest BCUT2D eigenvalue weighted by Crippen LogP contribution is 2.20. The normalized spacial score (nSPS) is 10.8. The molecule has 0 bridgehead atoms. The molecule has 1 aromatic carbocycles. The van der Waals surface area contributed by atoms with Crippen molar-refractivity contribution < 1.29 is 19.8 Å². The second kappa shape index (κ2) is 7.70. The van der Waals surface area contributed by atoms with Crippen LogP contribution in [0.5, 0.6) is 5.75 Å². The Labute approximate surface area is 122 Å². The predicted octanol–water partition coefficient (Wildman–Crippen LogP) is 1.91. The zero-order valence-corrected chi connectivity index (χ0v) is 11.6. The molecule has 0 heterocycles. The maximum Gasteiger partial charge on any atom is 0.339 e. The Morgan fingerprint density at radius 2 is 2.14 bits per heavy atom. The Hall–Kier alpha value is -2.81. The highest BCUT2D eigenvalue weighted by Gasteiger charge is 2.12. The molecule has 110 valence electrons. The zero-order chi connectivity index (χ0) is 15.8. The van der Waals surface area contributed by atoms with Gasteiger partial charge in [0.2, 0.25) is 0 Å². The summed E-state index contributed by atoms with van der Waals surface area (Å²) in [6, 6.07) is 5.62. The van der Waals surface area contributed by atoms with Crippen molar-refractivity contribution in [3.8, 4) is 11.8 Å². The van der Waals surface area contributed by atoms with Crippen LogP contribution in [0.15, 0.2) is 23.8 Å². The van der Waals surface area contributed by atoms with Crippen molar-refractivity contribution in [2.24, 2.45) is 0 Å². The number of nitriles is 1. The van der Waals surface area contributed by atoms with E-state index >= 15 is 0 Å². The number of carbonyl (C=O) groups excluding carboxylic acids is 1. The first-order chi connectivity index (χ1) is 9.99. The molecule has 0 aromatic heterocycles. The zero-order valence-electron chi connectivity index (χ0n) is 11.6. The molecular weight excluding hydrogens is 272 g/mol. The van der Waals surface area contributed by atoms with Gasteiger partial charge < -0.3 is 15.5 Å². The van der Waals surface area contributed by atoms with Crippen molar-refractivity contribution in [3.05, 3.63) is 34.9 Å². The van der Waals surface area contributed by atoms with Gasteiger partial charge in [0.05, 0.1) is 0 Å². The summed E-state index contributed by atoms with van der Waals surface area (Å²) >= 11 is 0. The number of rotatable bonds is 6. The van der Waals surface area contributed by atoms with Crippen molar-refractivity contribution in [3.63, 3.8) is 0 Å². The Balaban J connectivity index is 2.98. The molecular formula is C15H16N2O4. The van der Waals surface area contributed by atoms with Crippen molar-refractivity contribution in [2.75, 3.05) is 6.54 Å². The SMILES string of the molecule is CCCCNC(=O)/C(C#N)=C\c1ccc(O)c(C(=O)O)c1. The number of carboxylic acid groups (broad SMARTS) is 1. The van der Waals surface area contributed by atoms with Gasteiger partial charge in [-0.2, -0.15) is 5.26 Å². The number of hydrogen-bond donors (Lipinski definition) is 3. The van der Waals surface area contributed by atoms with Crippen molar-refractivity contribution in [1.82, 2.24) is 5.32 Å². The van der Waals surface area contributed by atoms with Crippen LogP contribution in [0.2, 0.25) is 0 Å². The molecule has 0 spiro atoms. The summed E-state index contributed by atoms with van der Waals surface area (Å²) in [6.07, 6.45) is 3.02. The highest BCUT2D eigenvalue weighted by molar-refractivity contribution is 6.02. The van der Waals surface area contributed by atoms with Crippen LogP contribution in [-0.2, 0) is 4.79 Å². The summed E-state index contributed by atoms with van der Waals surface area (Å²) in [4.78, 5) is 22.7. The molecule has 0 radical (unpaired) electrons. The van der Waals surface area contributed by atoms with E-state index in [0.717, 1.165) is 12.8 Å². The minimum absolute atomic E-state index is 0.117. The molecule has 0 fully saturated rings. The number of aromatic carboxylic acids is 1. The van der Waals surface area contributed by atoms with Gasteiger partial charge in [0.25, 0.3) is 5.91 Å². The van der Waals surface area contributed by atoms with Gasteiger partial charge in [-0.25, -0.2) is 4.79 Å². The lowest BCUT2D eigenvalue weighted by atomic mass is 10.1. The second-order valence-electron chi connectivity index (χ2n) is 4.36. The molecule has 6 heteroatoms. The van der Waals surface area contributed by atoms with Gasteiger partial charge in [0, 0.05) is 6.54 Å². The van der Waals surface area contributed by atoms with E-state index in [2.05, 4.69) is 5.32 Å². The van der Waals surface area contributed by atoms with Crippen LogP contribution in [0.4, 0.5) is 0 Å². The Kier molecular flexibility index (Phi) is 5.96. The number of hydrogen-bond acceptors (Lipinski definition) is 4. The van der Waals surface area contributed by atoms with Crippen LogP contribution in [0.1, 0.15) is 35.7 Å². The number of nitrogens with zero attached hydrogens (tertiary/aromatic N) is 1. The lowest BCUT2D eigenvalue weighted by Crippen LogP contribution is -2.25. The van der Waals surface area contributed by atoms with E-state index in [4.69, 9.17) is 10.4 Å². The van der Waals surface area contributed by atoms with Gasteiger partial charge in [0.1, 0.15) is 23.0 Å². The van der Waals surface area contributed by atoms with E-state index < -0.39 is 11.9 Å². The molecule has 21 heavy (non-hydrogen) atoms. The van der Waals surface area contributed by atoms with Crippen LogP contribution >= 0.6 is 0 Å². The van der Waals surface area contributed by atoms with Gasteiger partial charge in [-0.15, -0.1) is 0 Å². The molecule has 3 N–H and O–H groups in total. The van der Waals surface area contributed by atoms with Gasteiger partial charge in [-0.1, -0.05) is 19.4 Å². The number of aromatic hydroxyl groups is 1. The molecule has 1 aromatic rings. The molecule has 0 saturated carbocycles. The molecule has 0 aliphatic rings. The molecule has 6 nitrogen and oxygen atoms in total. The fraction of sp³-hybridized carbons (Fsp3) is 0.267. The van der Waals surface area contributed by atoms with Gasteiger partial charge in [0.15, 0.2) is 0 Å². The van der Waals surface area contributed by atoms with E-state index in [1.165, 1.54) is 24.3 Å². The fourth-order valence-electron chi connectivity index (χ4n) is 1.60. The molecule has 1 rings (SSSR count). The maximum atomic E-state index is 11.8. The number of unbranched alkanes of at least 4 members (excludes halogenated alkanes) is 1. The highest BCUT2D eigenvalue weighted by atomic mass is 16.4. The standard InChI is InChI=1S/C15H16N2O4/c1-2-3-6-17-14(19)11(9-16)7-10-4-5-13(18)12(8-10)15(20)21/h4-5,7-8,18H,2-3,6H2,1H3,(H,17,19)(H,20,21)/b11-7-. The largest absolute Gasteiger partial charge is 0.507 e.